The fourth-order valence-electron chi connectivity index (χ4n) is 4.80. The van der Waals surface area contributed by atoms with Gasteiger partial charge >= 0.3 is 6.18 Å². The van der Waals surface area contributed by atoms with Gasteiger partial charge in [0, 0.05) is 42.6 Å². The summed E-state index contributed by atoms with van der Waals surface area (Å²) in [4.78, 5) is 32.9. The van der Waals surface area contributed by atoms with Crippen LogP contribution >= 0.6 is 0 Å². The van der Waals surface area contributed by atoms with Crippen LogP contribution in [0, 0.1) is 18.8 Å². The molecular weight excluding hydrogens is 443 g/mol. The minimum atomic E-state index is -4.40. The number of aromatic nitrogens is 4. The van der Waals surface area contributed by atoms with Gasteiger partial charge in [-0.2, -0.15) is 13.2 Å². The van der Waals surface area contributed by atoms with Gasteiger partial charge in [-0.1, -0.05) is 0 Å². The van der Waals surface area contributed by atoms with Crippen LogP contribution < -0.4 is 0 Å². The zero-order chi connectivity index (χ0) is 23.9. The quantitative estimate of drug-likeness (QED) is 0.542. The predicted molar refractivity (Wildman–Crippen MR) is 119 cm³/mol. The molecule has 1 aliphatic carbocycles. The summed E-state index contributed by atoms with van der Waals surface area (Å²) in [7, 11) is 0. The number of pyridine rings is 2. The summed E-state index contributed by atoms with van der Waals surface area (Å²) in [6.07, 6.45) is 2.88. The molecule has 2 fully saturated rings. The number of hydrogen-bond donors (Lipinski definition) is 0. The Morgan fingerprint density at radius 3 is 2.62 bits per heavy atom. The highest BCUT2D eigenvalue weighted by Gasteiger charge is 2.47. The molecule has 5 rings (SSSR count). The highest BCUT2D eigenvalue weighted by molar-refractivity contribution is 5.98. The van der Waals surface area contributed by atoms with Crippen molar-refractivity contribution in [2.24, 2.45) is 11.8 Å². The van der Waals surface area contributed by atoms with Crippen LogP contribution in [0.3, 0.4) is 0 Å². The summed E-state index contributed by atoms with van der Waals surface area (Å²) in [5, 5.41) is 0. The largest absolute Gasteiger partial charge is 0.416 e. The third kappa shape index (κ3) is 4.64. The first kappa shape index (κ1) is 22.4. The monoisotopic (exact) mass is 467 g/mol. The number of carbonyl (C=O) groups excluding carboxylic acids is 1. The van der Waals surface area contributed by atoms with Crippen LogP contribution in [0.2, 0.25) is 0 Å². The second-order valence-electron chi connectivity index (χ2n) is 9.10. The Hall–Kier alpha value is -3.36. The number of hydrogen-bond acceptors (Lipinski definition) is 5. The van der Waals surface area contributed by atoms with Crippen molar-refractivity contribution in [1.82, 2.24) is 24.8 Å². The molecule has 0 aromatic carbocycles. The number of piperidine rings is 1. The Morgan fingerprint density at radius 2 is 1.85 bits per heavy atom. The summed E-state index contributed by atoms with van der Waals surface area (Å²) >= 11 is 0. The maximum atomic E-state index is 13.8. The Morgan fingerprint density at radius 1 is 1.06 bits per heavy atom. The Kier molecular flexibility index (Phi) is 5.79. The number of nitrogens with zero attached hydrogens (tertiary/aromatic N) is 5. The van der Waals surface area contributed by atoms with E-state index in [1.165, 1.54) is 6.20 Å². The molecule has 3 aromatic heterocycles. The van der Waals surface area contributed by atoms with Crippen LogP contribution in [0.5, 0.6) is 0 Å². The topological polar surface area (TPSA) is 71.9 Å². The summed E-state index contributed by atoms with van der Waals surface area (Å²) in [5.74, 6) is 1.31. The summed E-state index contributed by atoms with van der Waals surface area (Å²) in [6.45, 7) is 2.46. The molecule has 3 aromatic rings. The van der Waals surface area contributed by atoms with Crippen molar-refractivity contribution in [3.05, 3.63) is 71.6 Å². The van der Waals surface area contributed by atoms with Crippen molar-refractivity contribution in [2.75, 3.05) is 6.54 Å². The maximum absolute atomic E-state index is 13.8. The van der Waals surface area contributed by atoms with E-state index in [4.69, 9.17) is 0 Å². The van der Waals surface area contributed by atoms with Crippen LogP contribution in [0.1, 0.15) is 46.7 Å². The molecule has 0 spiro atoms. The van der Waals surface area contributed by atoms with Crippen LogP contribution in [0.15, 0.2) is 48.9 Å². The van der Waals surface area contributed by atoms with Gasteiger partial charge in [-0.25, -0.2) is 15.0 Å². The molecule has 0 N–H and O–H groups in total. The molecule has 1 amide bonds. The Balaban J connectivity index is 1.40. The second-order valence-corrected chi connectivity index (χ2v) is 9.10. The van der Waals surface area contributed by atoms with E-state index in [1.54, 1.807) is 18.5 Å². The number of fused-ring (bicyclic) bond motifs is 1. The zero-order valence-electron chi connectivity index (χ0n) is 18.7. The molecule has 176 valence electrons. The van der Waals surface area contributed by atoms with E-state index in [1.807, 2.05) is 24.0 Å². The molecule has 1 saturated heterocycles. The van der Waals surface area contributed by atoms with Crippen LogP contribution in [-0.2, 0) is 12.6 Å². The van der Waals surface area contributed by atoms with Gasteiger partial charge in [0.1, 0.15) is 5.69 Å². The second kappa shape index (κ2) is 8.77. The summed E-state index contributed by atoms with van der Waals surface area (Å²) < 4.78 is 39.3. The van der Waals surface area contributed by atoms with Crippen molar-refractivity contribution in [3.63, 3.8) is 0 Å². The number of likely N-dealkylation sites (tertiary alicyclic amines) is 1. The third-order valence-corrected chi connectivity index (χ3v) is 6.70. The molecule has 0 radical (unpaired) electrons. The van der Waals surface area contributed by atoms with E-state index in [0.29, 0.717) is 59.7 Å². The van der Waals surface area contributed by atoms with Crippen molar-refractivity contribution in [3.8, 4) is 11.4 Å². The normalized spacial score (nSPS) is 21.8. The number of alkyl halides is 3. The van der Waals surface area contributed by atoms with E-state index in [-0.39, 0.29) is 11.9 Å². The highest BCUT2D eigenvalue weighted by Crippen LogP contribution is 2.48. The Labute approximate surface area is 195 Å². The van der Waals surface area contributed by atoms with Gasteiger partial charge in [-0.15, -0.1) is 0 Å². The lowest BCUT2D eigenvalue weighted by molar-refractivity contribution is -0.137. The number of rotatable bonds is 5. The van der Waals surface area contributed by atoms with Crippen LogP contribution in [-0.4, -0.2) is 43.3 Å². The standard InChI is InChI=1S/C25H24F3N5O/c1-15-3-6-21(23-30-8-2-9-31-23)22(32-15)24(34)33-14-17-11-16(17)12-20(33)5-4-19-13-18(7-10-29-19)25(26,27)28/h2-3,6-10,13,16-17,20H,4-5,11-12,14H2,1H3. The SMILES string of the molecule is Cc1ccc(-c2ncccn2)c(C(=O)N2CC3CC3CC2CCc2cc(C(F)(F)F)ccn2)n1. The minimum absolute atomic E-state index is 0.0838. The number of halogens is 3. The van der Waals surface area contributed by atoms with Crippen molar-refractivity contribution >= 4 is 5.91 Å². The van der Waals surface area contributed by atoms with Gasteiger partial charge in [0.2, 0.25) is 0 Å². The molecule has 34 heavy (non-hydrogen) atoms. The van der Waals surface area contributed by atoms with E-state index in [0.717, 1.165) is 25.0 Å². The zero-order valence-corrected chi connectivity index (χ0v) is 18.7. The Bertz CT molecular complexity index is 1200. The third-order valence-electron chi connectivity index (χ3n) is 6.70. The van der Waals surface area contributed by atoms with Crippen molar-refractivity contribution in [1.29, 1.82) is 0 Å². The van der Waals surface area contributed by atoms with E-state index < -0.39 is 11.7 Å². The first-order valence-electron chi connectivity index (χ1n) is 11.4. The number of carbonyl (C=O) groups is 1. The van der Waals surface area contributed by atoms with Gasteiger partial charge < -0.3 is 4.90 Å². The van der Waals surface area contributed by atoms with Crippen molar-refractivity contribution in [2.45, 2.75) is 44.8 Å². The molecule has 1 saturated carbocycles. The summed E-state index contributed by atoms with van der Waals surface area (Å²) in [5.41, 5.74) is 1.29. The number of aryl methyl sites for hydroxylation is 2. The summed E-state index contributed by atoms with van der Waals surface area (Å²) in [6, 6.07) is 7.34. The molecule has 0 bridgehead atoms. The lowest BCUT2D eigenvalue weighted by Gasteiger charge is -2.35. The predicted octanol–water partition coefficient (Wildman–Crippen LogP) is 4.74. The van der Waals surface area contributed by atoms with Gasteiger partial charge in [0.05, 0.1) is 11.1 Å². The van der Waals surface area contributed by atoms with Gasteiger partial charge in [-0.05, 0) is 74.8 Å². The average Bonchev–Trinajstić information content (AvgIpc) is 3.60. The van der Waals surface area contributed by atoms with E-state index in [2.05, 4.69) is 19.9 Å². The maximum Gasteiger partial charge on any atom is 0.416 e. The number of amides is 1. The fraction of sp³-hybridized carbons (Fsp3) is 0.400. The van der Waals surface area contributed by atoms with E-state index >= 15 is 0 Å². The first-order chi connectivity index (χ1) is 16.3. The van der Waals surface area contributed by atoms with Gasteiger partial charge in [0.15, 0.2) is 5.82 Å². The van der Waals surface area contributed by atoms with Crippen LogP contribution in [0.25, 0.3) is 11.4 Å². The molecule has 9 heteroatoms. The van der Waals surface area contributed by atoms with E-state index in [9.17, 15) is 18.0 Å². The first-order valence-corrected chi connectivity index (χ1v) is 11.4. The highest BCUT2D eigenvalue weighted by atomic mass is 19.4. The lowest BCUT2D eigenvalue weighted by atomic mass is 9.95. The molecular formula is C25H24F3N5O. The van der Waals surface area contributed by atoms with Crippen LogP contribution in [0.4, 0.5) is 13.2 Å². The fourth-order valence-corrected chi connectivity index (χ4v) is 4.80. The molecule has 2 aliphatic rings. The lowest BCUT2D eigenvalue weighted by Crippen LogP contribution is -2.45. The van der Waals surface area contributed by atoms with Crippen molar-refractivity contribution < 1.29 is 18.0 Å². The molecule has 3 unspecified atom stereocenters. The molecule has 3 atom stereocenters. The molecule has 6 nitrogen and oxygen atoms in total. The molecule has 4 heterocycles. The van der Waals surface area contributed by atoms with Gasteiger partial charge in [0.25, 0.3) is 5.91 Å². The average molecular weight is 467 g/mol. The van der Waals surface area contributed by atoms with Gasteiger partial charge in [-0.3, -0.25) is 9.78 Å². The molecule has 1 aliphatic heterocycles. The smallest absolute Gasteiger partial charge is 0.334 e. The minimum Gasteiger partial charge on any atom is -0.334 e.